The second kappa shape index (κ2) is 8.69. The first-order valence-electron chi connectivity index (χ1n) is 7.05. The number of amidine groups is 1. The molecule has 4 N–H and O–H groups in total. The summed E-state index contributed by atoms with van der Waals surface area (Å²) < 4.78 is 0. The van der Waals surface area contributed by atoms with Crippen LogP contribution in [-0.4, -0.2) is 42.8 Å². The lowest BCUT2D eigenvalue weighted by molar-refractivity contribution is 0.0947. The fourth-order valence-corrected chi connectivity index (χ4v) is 2.11. The van der Waals surface area contributed by atoms with Gasteiger partial charge in [0.05, 0.1) is 18.2 Å². The molecule has 0 aromatic rings. The Morgan fingerprint density at radius 3 is 2.90 bits per heavy atom. The van der Waals surface area contributed by atoms with E-state index in [1.165, 1.54) is 0 Å². The van der Waals surface area contributed by atoms with Gasteiger partial charge >= 0.3 is 0 Å². The zero-order valence-corrected chi connectivity index (χ0v) is 12.4. The van der Waals surface area contributed by atoms with Crippen molar-refractivity contribution >= 4 is 5.84 Å². The van der Waals surface area contributed by atoms with Crippen LogP contribution in [0, 0.1) is 17.2 Å². The highest BCUT2D eigenvalue weighted by atomic mass is 16.3. The predicted molar refractivity (Wildman–Crippen MR) is 80.0 cm³/mol. The fraction of sp³-hybridized carbons (Fsp3) is 0.714. The zero-order valence-electron chi connectivity index (χ0n) is 12.4. The fourth-order valence-electron chi connectivity index (χ4n) is 2.11. The third kappa shape index (κ3) is 4.93. The molecule has 1 heterocycles. The second-order valence-corrected chi connectivity index (χ2v) is 5.06. The Morgan fingerprint density at radius 1 is 1.60 bits per heavy atom. The number of aliphatic hydroxyl groups is 1. The predicted octanol–water partition coefficient (Wildman–Crippen LogP) is 0.326. The molecular weight excluding hydrogens is 254 g/mol. The third-order valence-electron chi connectivity index (χ3n) is 3.41. The first-order valence-corrected chi connectivity index (χ1v) is 7.05. The van der Waals surface area contributed by atoms with Crippen molar-refractivity contribution in [1.82, 2.24) is 16.0 Å². The molecule has 1 rings (SSSR count). The minimum atomic E-state index is -0.565. The van der Waals surface area contributed by atoms with Crippen molar-refractivity contribution in [2.45, 2.75) is 45.0 Å². The number of hydrogen-bond donors (Lipinski definition) is 4. The quantitative estimate of drug-likeness (QED) is 0.319. The molecule has 4 unspecified atom stereocenters. The van der Waals surface area contributed by atoms with Crippen LogP contribution in [0.15, 0.2) is 17.3 Å². The molecule has 0 saturated carbocycles. The normalized spacial score (nSPS) is 26.4. The molecule has 6 heteroatoms. The van der Waals surface area contributed by atoms with Gasteiger partial charge in [0.25, 0.3) is 0 Å². The van der Waals surface area contributed by atoms with Crippen molar-refractivity contribution in [3.05, 3.63) is 12.3 Å². The van der Waals surface area contributed by atoms with Gasteiger partial charge in [-0.05, 0) is 33.0 Å². The number of nitrogens with zero attached hydrogens (tertiary/aromatic N) is 2. The molecule has 0 aromatic heterocycles. The molecule has 1 aliphatic heterocycles. The number of hydrogen-bond acceptors (Lipinski definition) is 5. The average Bonchev–Trinajstić information content (AvgIpc) is 2.95. The lowest BCUT2D eigenvalue weighted by Gasteiger charge is -2.19. The van der Waals surface area contributed by atoms with Crippen molar-refractivity contribution in [2.75, 3.05) is 13.6 Å². The van der Waals surface area contributed by atoms with E-state index in [9.17, 15) is 5.11 Å². The van der Waals surface area contributed by atoms with Gasteiger partial charge in [-0.1, -0.05) is 13.0 Å². The van der Waals surface area contributed by atoms with Gasteiger partial charge in [0.1, 0.15) is 12.1 Å². The van der Waals surface area contributed by atoms with Crippen LogP contribution in [0.4, 0.5) is 0 Å². The Morgan fingerprint density at radius 2 is 2.35 bits per heavy atom. The lowest BCUT2D eigenvalue weighted by Crippen LogP contribution is -2.41. The monoisotopic (exact) mass is 279 g/mol. The molecule has 1 fully saturated rings. The minimum absolute atomic E-state index is 0.0237. The van der Waals surface area contributed by atoms with Gasteiger partial charge in [-0.15, -0.1) is 0 Å². The van der Waals surface area contributed by atoms with Crippen LogP contribution < -0.4 is 16.0 Å². The van der Waals surface area contributed by atoms with E-state index in [1.807, 2.05) is 26.1 Å². The molecule has 0 spiro atoms. The minimum Gasteiger partial charge on any atom is -0.378 e. The maximum Gasteiger partial charge on any atom is 0.118 e. The summed E-state index contributed by atoms with van der Waals surface area (Å²) in [6, 6.07) is 2.21. The van der Waals surface area contributed by atoms with Gasteiger partial charge in [0.2, 0.25) is 0 Å². The van der Waals surface area contributed by atoms with Gasteiger partial charge in [-0.3, -0.25) is 15.6 Å². The molecule has 4 atom stereocenters. The van der Waals surface area contributed by atoms with Crippen molar-refractivity contribution < 1.29 is 5.11 Å². The number of nitriles is 1. The Bertz CT molecular complexity index is 388. The van der Waals surface area contributed by atoms with Crippen molar-refractivity contribution in [3.8, 4) is 6.07 Å². The number of aliphatic hydroxyl groups excluding tert-OH is 1. The van der Waals surface area contributed by atoms with Gasteiger partial charge in [-0.2, -0.15) is 5.26 Å². The molecule has 0 bridgehead atoms. The number of allylic oxidation sites excluding steroid dienone is 1. The summed E-state index contributed by atoms with van der Waals surface area (Å²) in [4.78, 5) is 4.56. The highest BCUT2D eigenvalue weighted by Gasteiger charge is 2.27. The molecule has 20 heavy (non-hydrogen) atoms. The number of nitrogens with one attached hydrogen (secondary N) is 3. The second-order valence-electron chi connectivity index (χ2n) is 5.06. The Hall–Kier alpha value is -1.42. The molecule has 6 nitrogen and oxygen atoms in total. The van der Waals surface area contributed by atoms with Crippen molar-refractivity contribution in [3.63, 3.8) is 0 Å². The van der Waals surface area contributed by atoms with Crippen LogP contribution in [0.2, 0.25) is 0 Å². The van der Waals surface area contributed by atoms with Gasteiger partial charge < -0.3 is 10.4 Å². The molecule has 1 saturated heterocycles. The Labute approximate surface area is 121 Å². The lowest BCUT2D eigenvalue weighted by atomic mass is 10.1. The van der Waals surface area contributed by atoms with E-state index in [4.69, 9.17) is 5.26 Å². The van der Waals surface area contributed by atoms with Crippen LogP contribution in [-0.2, 0) is 0 Å². The number of aliphatic imine (C=N–C) groups is 1. The van der Waals surface area contributed by atoms with E-state index in [1.54, 1.807) is 7.05 Å². The van der Waals surface area contributed by atoms with E-state index in [-0.39, 0.29) is 18.0 Å². The van der Waals surface area contributed by atoms with Crippen LogP contribution in [0.1, 0.15) is 26.7 Å². The van der Waals surface area contributed by atoms with E-state index in [2.05, 4.69) is 27.0 Å². The van der Waals surface area contributed by atoms with Crippen LogP contribution in [0.25, 0.3) is 0 Å². The summed E-state index contributed by atoms with van der Waals surface area (Å²) >= 11 is 0. The summed E-state index contributed by atoms with van der Waals surface area (Å²) in [5, 5.41) is 27.8. The molecule has 0 aliphatic carbocycles. The smallest absolute Gasteiger partial charge is 0.118 e. The van der Waals surface area contributed by atoms with Crippen LogP contribution in [0.5, 0.6) is 0 Å². The number of rotatable bonds is 6. The van der Waals surface area contributed by atoms with Crippen molar-refractivity contribution in [1.29, 1.82) is 5.26 Å². The summed E-state index contributed by atoms with van der Waals surface area (Å²) in [5.41, 5.74) is 0. The largest absolute Gasteiger partial charge is 0.378 e. The zero-order chi connectivity index (χ0) is 15.0. The van der Waals surface area contributed by atoms with Crippen LogP contribution in [0.3, 0.4) is 0 Å². The highest BCUT2D eigenvalue weighted by Crippen LogP contribution is 2.13. The van der Waals surface area contributed by atoms with Gasteiger partial charge in [-0.25, -0.2) is 0 Å². The molecule has 0 aromatic carbocycles. The first-order chi connectivity index (χ1) is 9.62. The molecule has 1 aliphatic rings. The third-order valence-corrected chi connectivity index (χ3v) is 3.41. The van der Waals surface area contributed by atoms with Crippen LogP contribution >= 0.6 is 0 Å². The SMILES string of the molecule is CC=CNC(=NCC(C)C(O)NC)C1CCC(C#N)N1. The van der Waals surface area contributed by atoms with E-state index < -0.39 is 6.23 Å². The molecular formula is C14H25N5O. The maximum atomic E-state index is 9.69. The summed E-state index contributed by atoms with van der Waals surface area (Å²) in [6.45, 7) is 4.40. The summed E-state index contributed by atoms with van der Waals surface area (Å²) in [7, 11) is 1.72. The maximum absolute atomic E-state index is 9.69. The van der Waals surface area contributed by atoms with E-state index in [0.29, 0.717) is 6.54 Å². The molecule has 112 valence electrons. The van der Waals surface area contributed by atoms with Gasteiger partial charge in [0, 0.05) is 12.5 Å². The highest BCUT2D eigenvalue weighted by molar-refractivity contribution is 5.88. The summed E-state index contributed by atoms with van der Waals surface area (Å²) in [6.07, 6.45) is 4.90. The van der Waals surface area contributed by atoms with Gasteiger partial charge in [0.15, 0.2) is 0 Å². The Balaban J connectivity index is 2.66. The molecule has 0 radical (unpaired) electrons. The average molecular weight is 279 g/mol. The van der Waals surface area contributed by atoms with E-state index in [0.717, 1.165) is 18.7 Å². The standard InChI is InChI=1S/C14H25N5O/c1-4-7-17-13(12-6-5-11(8-15)19-12)18-9-10(2)14(20)16-3/h4,7,10-12,14,16,19-20H,5-6,9H2,1-3H3,(H,17,18). The summed E-state index contributed by atoms with van der Waals surface area (Å²) in [5.74, 6) is 0.853. The first kappa shape index (κ1) is 16.6. The Kier molecular flexibility index (Phi) is 7.23. The topological polar surface area (TPSA) is 92.5 Å². The van der Waals surface area contributed by atoms with E-state index >= 15 is 0 Å². The molecule has 0 amide bonds. The van der Waals surface area contributed by atoms with Crippen molar-refractivity contribution in [2.24, 2.45) is 10.9 Å².